The Balaban J connectivity index is 1.64. The smallest absolute Gasteiger partial charge is 0.0893 e. The Hall–Kier alpha value is -4.56. The molecular weight excluding hydrogens is 412 g/mol. The molecule has 0 spiro atoms. The second-order valence-corrected chi connectivity index (χ2v) is 8.61. The number of rotatable bonds is 2. The molecule has 0 saturated carbocycles. The highest BCUT2D eigenvalue weighted by Gasteiger charge is 2.15. The average Bonchev–Trinajstić information content (AvgIpc) is 2.93. The summed E-state index contributed by atoms with van der Waals surface area (Å²) in [6.07, 6.45) is 1.81. The van der Waals surface area contributed by atoms with Crippen LogP contribution < -0.4 is 0 Å². The Bertz CT molecular complexity index is 1850. The normalized spacial score (nSPS) is 11.5. The minimum atomic E-state index is 0.880. The van der Waals surface area contributed by atoms with E-state index in [1.54, 1.807) is 0 Å². The van der Waals surface area contributed by atoms with Gasteiger partial charge in [0.25, 0.3) is 0 Å². The summed E-state index contributed by atoms with van der Waals surface area (Å²) in [7, 11) is 0. The maximum atomic E-state index is 5.05. The summed E-state index contributed by atoms with van der Waals surface area (Å²) in [4.78, 5) is 9.56. The van der Waals surface area contributed by atoms with E-state index < -0.39 is 0 Å². The lowest BCUT2D eigenvalue weighted by Crippen LogP contribution is -1.92. The van der Waals surface area contributed by atoms with Crippen molar-refractivity contribution in [2.75, 3.05) is 0 Å². The zero-order chi connectivity index (χ0) is 22.5. The Labute approximate surface area is 197 Å². The Kier molecular flexibility index (Phi) is 4.18. The zero-order valence-electron chi connectivity index (χ0n) is 18.4. The third-order valence-electron chi connectivity index (χ3n) is 6.70. The van der Waals surface area contributed by atoms with E-state index in [0.29, 0.717) is 0 Å². The molecule has 0 atom stereocenters. The van der Waals surface area contributed by atoms with Crippen LogP contribution in [0.25, 0.3) is 65.7 Å². The number of hydrogen-bond acceptors (Lipinski definition) is 2. The van der Waals surface area contributed by atoms with Crippen LogP contribution in [-0.2, 0) is 0 Å². The summed E-state index contributed by atoms with van der Waals surface area (Å²) < 4.78 is 0. The maximum absolute atomic E-state index is 5.05. The second-order valence-electron chi connectivity index (χ2n) is 8.61. The van der Waals surface area contributed by atoms with Gasteiger partial charge in [0.05, 0.1) is 17.1 Å². The first-order valence-electron chi connectivity index (χ1n) is 11.5. The highest BCUT2D eigenvalue weighted by atomic mass is 14.8. The van der Waals surface area contributed by atoms with Gasteiger partial charge in [-0.05, 0) is 73.4 Å². The van der Waals surface area contributed by atoms with Crippen LogP contribution in [0.3, 0.4) is 0 Å². The summed E-state index contributed by atoms with van der Waals surface area (Å²) in [6, 6.07) is 40.6. The summed E-state index contributed by atoms with van der Waals surface area (Å²) in [5, 5.41) is 10.1. The molecule has 7 aromatic rings. The second kappa shape index (κ2) is 7.50. The van der Waals surface area contributed by atoms with E-state index in [1.165, 1.54) is 43.1 Å². The van der Waals surface area contributed by atoms with Crippen molar-refractivity contribution in [3.8, 4) is 22.6 Å². The number of hydrogen-bond donors (Lipinski definition) is 0. The van der Waals surface area contributed by atoms with Gasteiger partial charge >= 0.3 is 0 Å². The van der Waals surface area contributed by atoms with Crippen LogP contribution in [0.5, 0.6) is 0 Å². The fraction of sp³-hybridized carbons (Fsp3) is 0. The molecule has 0 bridgehead atoms. The van der Waals surface area contributed by atoms with Gasteiger partial charge in [-0.2, -0.15) is 0 Å². The molecular formula is C32H20N2. The van der Waals surface area contributed by atoms with Gasteiger partial charge < -0.3 is 0 Å². The van der Waals surface area contributed by atoms with Gasteiger partial charge in [0.15, 0.2) is 0 Å². The molecule has 0 aliphatic rings. The largest absolute Gasteiger partial charge is 0.255 e. The number of nitrogens with zero attached hydrogens (tertiary/aromatic N) is 2. The minimum Gasteiger partial charge on any atom is -0.255 e. The Morgan fingerprint density at radius 2 is 0.912 bits per heavy atom. The molecule has 0 unspecified atom stereocenters. The molecule has 2 heterocycles. The quantitative estimate of drug-likeness (QED) is 0.256. The van der Waals surface area contributed by atoms with Gasteiger partial charge in [0.2, 0.25) is 0 Å². The Morgan fingerprint density at radius 1 is 0.382 bits per heavy atom. The lowest BCUT2D eigenvalue weighted by atomic mass is 9.88. The number of benzene rings is 5. The molecule has 0 N–H and O–H groups in total. The van der Waals surface area contributed by atoms with Crippen molar-refractivity contribution < 1.29 is 0 Å². The topological polar surface area (TPSA) is 25.8 Å². The van der Waals surface area contributed by atoms with E-state index >= 15 is 0 Å². The Morgan fingerprint density at radius 3 is 1.62 bits per heavy atom. The number of aromatic nitrogens is 2. The van der Waals surface area contributed by atoms with E-state index in [9.17, 15) is 0 Å². The zero-order valence-corrected chi connectivity index (χ0v) is 18.4. The summed E-state index contributed by atoms with van der Waals surface area (Å²) in [6.45, 7) is 0. The highest BCUT2D eigenvalue weighted by molar-refractivity contribution is 6.32. The van der Waals surface area contributed by atoms with E-state index in [1.807, 2.05) is 30.5 Å². The van der Waals surface area contributed by atoms with Crippen LogP contribution in [0.15, 0.2) is 121 Å². The van der Waals surface area contributed by atoms with Crippen LogP contribution in [0.1, 0.15) is 0 Å². The third-order valence-corrected chi connectivity index (χ3v) is 6.70. The molecule has 0 aliphatic carbocycles. The van der Waals surface area contributed by atoms with Gasteiger partial charge in [0, 0.05) is 11.8 Å². The van der Waals surface area contributed by atoms with Gasteiger partial charge in [0.1, 0.15) is 0 Å². The molecule has 7 rings (SSSR count). The first kappa shape index (κ1) is 19.0. The standard InChI is InChI=1S/C32H20N2/c1-2-12-23-21(10-1)22-11-3-5-14-25(22)32-26-15-6-4-13-24(26)27(20-28(23)32)29-17-9-18-31(34-29)30-16-7-8-19-33-30/h1-20H. The molecule has 158 valence electrons. The molecule has 0 amide bonds. The van der Waals surface area contributed by atoms with E-state index in [4.69, 9.17) is 4.98 Å². The monoisotopic (exact) mass is 432 g/mol. The molecule has 0 fully saturated rings. The molecule has 0 aliphatic heterocycles. The predicted molar refractivity (Wildman–Crippen MR) is 143 cm³/mol. The van der Waals surface area contributed by atoms with Crippen molar-refractivity contribution in [1.82, 2.24) is 9.97 Å². The average molecular weight is 433 g/mol. The molecule has 2 nitrogen and oxygen atoms in total. The third kappa shape index (κ3) is 2.82. The van der Waals surface area contributed by atoms with Crippen molar-refractivity contribution in [2.45, 2.75) is 0 Å². The van der Waals surface area contributed by atoms with Crippen LogP contribution in [0.4, 0.5) is 0 Å². The first-order chi connectivity index (χ1) is 16.9. The van der Waals surface area contributed by atoms with Crippen molar-refractivity contribution in [2.24, 2.45) is 0 Å². The molecule has 5 aromatic carbocycles. The van der Waals surface area contributed by atoms with Crippen molar-refractivity contribution in [3.63, 3.8) is 0 Å². The lowest BCUT2D eigenvalue weighted by Gasteiger charge is -2.16. The van der Waals surface area contributed by atoms with Crippen LogP contribution in [0, 0.1) is 0 Å². The predicted octanol–water partition coefficient (Wildman–Crippen LogP) is 8.42. The highest BCUT2D eigenvalue weighted by Crippen LogP contribution is 2.42. The SMILES string of the molecule is c1ccc(-c2cccc(-c3cc4c5ccccc5c5ccccc5c4c4ccccc34)n2)nc1. The van der Waals surface area contributed by atoms with Gasteiger partial charge in [-0.1, -0.05) is 84.9 Å². The molecule has 2 heteroatoms. The van der Waals surface area contributed by atoms with Gasteiger partial charge in [-0.15, -0.1) is 0 Å². The summed E-state index contributed by atoms with van der Waals surface area (Å²) in [5.74, 6) is 0. The van der Waals surface area contributed by atoms with Crippen LogP contribution in [0.2, 0.25) is 0 Å². The van der Waals surface area contributed by atoms with E-state index in [2.05, 4.69) is 96.0 Å². The lowest BCUT2D eigenvalue weighted by molar-refractivity contribution is 1.25. The minimum absolute atomic E-state index is 0.880. The molecule has 0 radical (unpaired) electrons. The summed E-state index contributed by atoms with van der Waals surface area (Å²) in [5.41, 5.74) is 3.86. The van der Waals surface area contributed by atoms with E-state index in [0.717, 1.165) is 22.6 Å². The van der Waals surface area contributed by atoms with Crippen molar-refractivity contribution in [1.29, 1.82) is 0 Å². The van der Waals surface area contributed by atoms with Crippen LogP contribution >= 0.6 is 0 Å². The van der Waals surface area contributed by atoms with Gasteiger partial charge in [-0.3, -0.25) is 4.98 Å². The van der Waals surface area contributed by atoms with Crippen molar-refractivity contribution in [3.05, 3.63) is 121 Å². The van der Waals surface area contributed by atoms with Gasteiger partial charge in [-0.25, -0.2) is 4.98 Å². The fourth-order valence-electron chi connectivity index (χ4n) is 5.22. The fourth-order valence-corrected chi connectivity index (χ4v) is 5.22. The number of pyridine rings is 2. The molecule has 0 saturated heterocycles. The van der Waals surface area contributed by atoms with E-state index in [-0.39, 0.29) is 0 Å². The molecule has 34 heavy (non-hydrogen) atoms. The summed E-state index contributed by atoms with van der Waals surface area (Å²) >= 11 is 0. The van der Waals surface area contributed by atoms with Crippen molar-refractivity contribution >= 4 is 43.1 Å². The molecule has 2 aromatic heterocycles. The first-order valence-corrected chi connectivity index (χ1v) is 11.5. The number of fused-ring (bicyclic) bond motifs is 8. The maximum Gasteiger partial charge on any atom is 0.0893 e. The van der Waals surface area contributed by atoms with Crippen LogP contribution in [-0.4, -0.2) is 9.97 Å².